The van der Waals surface area contributed by atoms with Gasteiger partial charge < -0.3 is 18.9 Å². The average Bonchev–Trinajstić information content (AvgIpc) is 3.50. The molecule has 0 aliphatic carbocycles. The van der Waals surface area contributed by atoms with Crippen LogP contribution in [0.25, 0.3) is 69.1 Å². The number of fused-ring (bicyclic) bond motifs is 7. The first-order chi connectivity index (χ1) is 30.0. The Kier molecular flexibility index (Phi) is 11.1. The fourth-order valence-corrected chi connectivity index (χ4v) is 7.21. The largest absolute Gasteiger partial charge is 0.457 e. The smallest absolute Gasteiger partial charge is 0.336 e. The third kappa shape index (κ3) is 9.25. The van der Waals surface area contributed by atoms with E-state index in [4.69, 9.17) is 18.9 Å². The Morgan fingerprint density at radius 2 is 0.770 bits per heavy atom. The van der Waals surface area contributed by atoms with E-state index in [0.29, 0.717) is 11.5 Å². The normalized spacial score (nSPS) is 12.3. The van der Waals surface area contributed by atoms with E-state index in [0.717, 1.165) is 77.6 Å². The highest BCUT2D eigenvalue weighted by molar-refractivity contribution is 6.10. The Bertz CT molecular complexity index is 2790. The first kappa shape index (κ1) is 38.3. The summed E-state index contributed by atoms with van der Waals surface area (Å²) in [5, 5.41) is 4.27. The number of ether oxygens (including phenoxy) is 4. The van der Waals surface area contributed by atoms with Crippen LogP contribution < -0.4 is 18.9 Å². The summed E-state index contributed by atoms with van der Waals surface area (Å²) in [5.74, 6) is 1.64. The van der Waals surface area contributed by atoms with Crippen LogP contribution in [-0.4, -0.2) is 18.7 Å². The molecule has 6 heteroatoms. The van der Waals surface area contributed by atoms with Crippen LogP contribution in [0, 0.1) is 0 Å². The molecule has 0 saturated heterocycles. The summed E-state index contributed by atoms with van der Waals surface area (Å²) in [6.45, 7) is 0.114. The van der Waals surface area contributed by atoms with Crippen LogP contribution in [0.2, 0.25) is 0 Å². The van der Waals surface area contributed by atoms with Crippen molar-refractivity contribution in [3.63, 3.8) is 0 Å². The van der Waals surface area contributed by atoms with Gasteiger partial charge in [-0.2, -0.15) is 0 Å². The summed E-state index contributed by atoms with van der Waals surface area (Å²) in [6.07, 6.45) is 14.5. The van der Waals surface area contributed by atoms with Gasteiger partial charge >= 0.3 is 11.9 Å². The Morgan fingerprint density at radius 3 is 1.20 bits per heavy atom. The summed E-state index contributed by atoms with van der Waals surface area (Å²) < 4.78 is 23.3. The van der Waals surface area contributed by atoms with Crippen LogP contribution in [-0.2, 0) is 9.59 Å². The van der Waals surface area contributed by atoms with Crippen molar-refractivity contribution in [2.75, 3.05) is 6.79 Å². The lowest BCUT2D eigenvalue weighted by molar-refractivity contribution is -0.129. The van der Waals surface area contributed by atoms with Crippen LogP contribution >= 0.6 is 0 Å². The third-order valence-electron chi connectivity index (χ3n) is 10.2. The van der Waals surface area contributed by atoms with Crippen molar-refractivity contribution >= 4 is 69.9 Å². The van der Waals surface area contributed by atoms with Crippen LogP contribution in [0.4, 0.5) is 0 Å². The lowest BCUT2D eigenvalue weighted by atomic mass is 9.91. The summed E-state index contributed by atoms with van der Waals surface area (Å²) >= 11 is 0. The molecule has 0 atom stereocenters. The van der Waals surface area contributed by atoms with Gasteiger partial charge in [-0.3, -0.25) is 0 Å². The number of carbonyl (C=O) groups is 2. The Hall–Kier alpha value is -8.22. The van der Waals surface area contributed by atoms with Crippen LogP contribution in [0.1, 0.15) is 33.4 Å². The third-order valence-corrected chi connectivity index (χ3v) is 10.2. The van der Waals surface area contributed by atoms with Crippen LogP contribution in [0.5, 0.6) is 23.0 Å². The summed E-state index contributed by atoms with van der Waals surface area (Å²) in [5.41, 5.74) is 7.89. The molecule has 9 rings (SSSR count). The molecule has 0 radical (unpaired) electrons. The number of hydrogen-bond donors (Lipinski definition) is 0. The molecule has 8 aromatic carbocycles. The molecule has 61 heavy (non-hydrogen) atoms. The monoisotopic (exact) mass is 794 g/mol. The molecule has 0 bridgehead atoms. The van der Waals surface area contributed by atoms with Crippen molar-refractivity contribution in [3.05, 3.63) is 215 Å². The Morgan fingerprint density at radius 1 is 0.393 bits per heavy atom. The van der Waals surface area contributed by atoms with E-state index in [2.05, 4.69) is 60.7 Å². The highest BCUT2D eigenvalue weighted by atomic mass is 16.7. The molecule has 8 aromatic rings. The minimum atomic E-state index is -0.429. The first-order valence-electron chi connectivity index (χ1n) is 19.9. The maximum atomic E-state index is 12.3. The van der Waals surface area contributed by atoms with E-state index in [-0.39, 0.29) is 6.79 Å². The molecule has 0 N–H and O–H groups in total. The quantitative estimate of drug-likeness (QED) is 0.0594. The van der Waals surface area contributed by atoms with E-state index in [1.54, 1.807) is 36.4 Å². The lowest BCUT2D eigenvalue weighted by Crippen LogP contribution is -2.03. The molecule has 0 aromatic heterocycles. The number of benzene rings is 8. The van der Waals surface area contributed by atoms with Crippen molar-refractivity contribution in [3.8, 4) is 34.1 Å². The zero-order chi connectivity index (χ0) is 41.4. The number of carbonyl (C=O) groups excluding carboxylic acids is 2. The van der Waals surface area contributed by atoms with Crippen molar-refractivity contribution in [2.45, 2.75) is 0 Å². The van der Waals surface area contributed by atoms with Crippen molar-refractivity contribution in [1.82, 2.24) is 0 Å². The van der Waals surface area contributed by atoms with E-state index in [1.807, 2.05) is 109 Å². The van der Waals surface area contributed by atoms with Crippen molar-refractivity contribution in [1.29, 1.82) is 0 Å². The summed E-state index contributed by atoms with van der Waals surface area (Å²) in [6, 6.07) is 55.1. The molecule has 0 saturated carbocycles. The molecule has 1 heterocycles. The standard InChI is InChI=1S/C55H38O6/c56-52(33-21-38-7-3-1-4-8-38)60-46-25-15-40(16-26-46)11-13-42-19-29-48-44(35-42)23-31-50-54(48)55-49-30-20-43(36-45(49)24-32-51(55)59-37-58-50)14-12-41-17-27-47(28-18-41)61-53(57)34-22-39-9-5-2-6-10-39/h1-36H,37H2/b13-11-,14-12-,33-21+,34-22+. The Balaban J connectivity index is 0.902. The lowest BCUT2D eigenvalue weighted by Gasteiger charge is -2.14. The number of esters is 2. The van der Waals surface area contributed by atoms with Crippen LogP contribution in [0.3, 0.4) is 0 Å². The summed E-state index contributed by atoms with van der Waals surface area (Å²) in [7, 11) is 0. The summed E-state index contributed by atoms with van der Waals surface area (Å²) in [4.78, 5) is 24.7. The fraction of sp³-hybridized carbons (Fsp3) is 0.0182. The molecule has 0 spiro atoms. The van der Waals surface area contributed by atoms with Gasteiger partial charge in [0.15, 0.2) is 0 Å². The molecule has 1 aliphatic heterocycles. The van der Waals surface area contributed by atoms with E-state index in [9.17, 15) is 9.59 Å². The average molecular weight is 795 g/mol. The maximum absolute atomic E-state index is 12.3. The molecule has 0 amide bonds. The predicted molar refractivity (Wildman–Crippen MR) is 246 cm³/mol. The zero-order valence-corrected chi connectivity index (χ0v) is 32.9. The van der Waals surface area contributed by atoms with E-state index < -0.39 is 11.9 Å². The molecular formula is C55H38O6. The second-order valence-corrected chi connectivity index (χ2v) is 14.4. The highest BCUT2D eigenvalue weighted by Gasteiger charge is 2.22. The minimum Gasteiger partial charge on any atom is -0.457 e. The molecule has 1 aliphatic rings. The highest BCUT2D eigenvalue weighted by Crippen LogP contribution is 2.47. The second-order valence-electron chi connectivity index (χ2n) is 14.4. The molecule has 294 valence electrons. The molecule has 0 unspecified atom stereocenters. The van der Waals surface area contributed by atoms with Gasteiger partial charge in [0.1, 0.15) is 23.0 Å². The van der Waals surface area contributed by atoms with Gasteiger partial charge in [0.25, 0.3) is 0 Å². The van der Waals surface area contributed by atoms with Gasteiger partial charge in [-0.15, -0.1) is 0 Å². The van der Waals surface area contributed by atoms with Crippen LogP contribution in [0.15, 0.2) is 182 Å². The second kappa shape index (κ2) is 17.7. The van der Waals surface area contributed by atoms with Crippen molar-refractivity contribution in [2.24, 2.45) is 0 Å². The number of rotatable bonds is 10. The Labute approximate surface area is 353 Å². The van der Waals surface area contributed by atoms with Gasteiger partial charge in [-0.25, -0.2) is 9.59 Å². The van der Waals surface area contributed by atoms with Gasteiger partial charge in [0.05, 0.1) is 0 Å². The topological polar surface area (TPSA) is 71.1 Å². The minimum absolute atomic E-state index is 0.114. The SMILES string of the molecule is O=C(/C=C/c1ccccc1)Oc1ccc(/C=C\c2ccc3c4c(ccc3c2)OCOc2ccc3cc(/C=C\c5ccc(OC(=O)/C=C/c6ccccc6)cc5)ccc3c2-4)cc1. The van der Waals surface area contributed by atoms with E-state index >= 15 is 0 Å². The predicted octanol–water partition coefficient (Wildman–Crippen LogP) is 13.0. The number of hydrogen-bond acceptors (Lipinski definition) is 6. The first-order valence-corrected chi connectivity index (χ1v) is 19.9. The zero-order valence-electron chi connectivity index (χ0n) is 32.9. The maximum Gasteiger partial charge on any atom is 0.336 e. The van der Waals surface area contributed by atoms with Gasteiger partial charge in [0, 0.05) is 23.3 Å². The van der Waals surface area contributed by atoms with Gasteiger partial charge in [-0.1, -0.05) is 146 Å². The molecular weight excluding hydrogens is 757 g/mol. The van der Waals surface area contributed by atoms with Crippen molar-refractivity contribution < 1.29 is 28.5 Å². The fourth-order valence-electron chi connectivity index (χ4n) is 7.21. The van der Waals surface area contributed by atoms with Gasteiger partial charge in [0.2, 0.25) is 6.79 Å². The molecule has 6 nitrogen and oxygen atoms in total. The van der Waals surface area contributed by atoms with E-state index in [1.165, 1.54) is 12.2 Å². The van der Waals surface area contributed by atoms with Gasteiger partial charge in [-0.05, 0) is 116 Å². The molecule has 0 fully saturated rings.